The average molecular weight is 222 g/mol. The van der Waals surface area contributed by atoms with Gasteiger partial charge in [0, 0.05) is 24.7 Å². The number of rotatable bonds is 4. The van der Waals surface area contributed by atoms with Gasteiger partial charge in [-0.25, -0.2) is 4.39 Å². The molecular weight excluding hydrogens is 203 g/mol. The van der Waals surface area contributed by atoms with Crippen LogP contribution in [0, 0.1) is 5.82 Å². The van der Waals surface area contributed by atoms with Crippen molar-refractivity contribution in [1.82, 2.24) is 10.2 Å². The second-order valence-corrected chi connectivity index (χ2v) is 4.58. The lowest BCUT2D eigenvalue weighted by atomic mass is 10.2. The SMILES string of the molecule is CN(Cc1ccccc1F)C[C@H]1CCCN1. The van der Waals surface area contributed by atoms with Crippen LogP contribution in [0.3, 0.4) is 0 Å². The summed E-state index contributed by atoms with van der Waals surface area (Å²) in [4.78, 5) is 2.18. The van der Waals surface area contributed by atoms with Crippen molar-refractivity contribution < 1.29 is 4.39 Å². The van der Waals surface area contributed by atoms with Crippen molar-refractivity contribution in [2.45, 2.75) is 25.4 Å². The molecule has 1 N–H and O–H groups in total. The molecule has 2 nitrogen and oxygen atoms in total. The van der Waals surface area contributed by atoms with Crippen LogP contribution in [-0.4, -0.2) is 31.1 Å². The minimum atomic E-state index is -0.103. The molecule has 1 aromatic rings. The highest BCUT2D eigenvalue weighted by Gasteiger charge is 2.16. The van der Waals surface area contributed by atoms with Crippen LogP contribution in [0.15, 0.2) is 24.3 Å². The summed E-state index contributed by atoms with van der Waals surface area (Å²) in [5.41, 5.74) is 0.781. The van der Waals surface area contributed by atoms with Gasteiger partial charge in [-0.15, -0.1) is 0 Å². The molecule has 0 bridgehead atoms. The molecule has 1 atom stereocenters. The van der Waals surface area contributed by atoms with Crippen LogP contribution in [0.2, 0.25) is 0 Å². The van der Waals surface area contributed by atoms with E-state index in [-0.39, 0.29) is 5.82 Å². The van der Waals surface area contributed by atoms with Crippen LogP contribution in [0.1, 0.15) is 18.4 Å². The Balaban J connectivity index is 1.86. The van der Waals surface area contributed by atoms with Crippen LogP contribution in [0.4, 0.5) is 4.39 Å². The molecule has 0 spiro atoms. The zero-order chi connectivity index (χ0) is 11.4. The molecule has 1 fully saturated rings. The van der Waals surface area contributed by atoms with E-state index in [0.29, 0.717) is 12.6 Å². The molecule has 1 heterocycles. The van der Waals surface area contributed by atoms with E-state index in [1.165, 1.54) is 18.9 Å². The maximum Gasteiger partial charge on any atom is 0.127 e. The van der Waals surface area contributed by atoms with E-state index in [1.54, 1.807) is 6.07 Å². The van der Waals surface area contributed by atoms with E-state index >= 15 is 0 Å². The summed E-state index contributed by atoms with van der Waals surface area (Å²) in [5, 5.41) is 3.45. The van der Waals surface area contributed by atoms with Crippen molar-refractivity contribution in [3.05, 3.63) is 35.6 Å². The number of hydrogen-bond acceptors (Lipinski definition) is 2. The Bertz CT molecular complexity index is 334. The molecule has 2 rings (SSSR count). The van der Waals surface area contributed by atoms with E-state index in [2.05, 4.69) is 10.2 Å². The smallest absolute Gasteiger partial charge is 0.127 e. The van der Waals surface area contributed by atoms with Crippen LogP contribution in [0.25, 0.3) is 0 Å². The first kappa shape index (κ1) is 11.6. The van der Waals surface area contributed by atoms with Crippen molar-refractivity contribution in [2.24, 2.45) is 0 Å². The van der Waals surface area contributed by atoms with Crippen molar-refractivity contribution >= 4 is 0 Å². The van der Waals surface area contributed by atoms with Gasteiger partial charge >= 0.3 is 0 Å². The molecule has 0 amide bonds. The average Bonchev–Trinajstić information content (AvgIpc) is 2.74. The van der Waals surface area contributed by atoms with Gasteiger partial charge in [-0.1, -0.05) is 18.2 Å². The first-order valence-corrected chi connectivity index (χ1v) is 5.91. The Morgan fingerprint density at radius 1 is 1.44 bits per heavy atom. The third-order valence-corrected chi connectivity index (χ3v) is 3.09. The quantitative estimate of drug-likeness (QED) is 0.838. The van der Waals surface area contributed by atoms with Gasteiger partial charge in [0.1, 0.15) is 5.82 Å². The maximum absolute atomic E-state index is 13.4. The van der Waals surface area contributed by atoms with Crippen molar-refractivity contribution in [3.63, 3.8) is 0 Å². The second-order valence-electron chi connectivity index (χ2n) is 4.58. The minimum Gasteiger partial charge on any atom is -0.313 e. The Morgan fingerprint density at radius 2 is 2.25 bits per heavy atom. The normalized spacial score (nSPS) is 20.6. The number of halogens is 1. The van der Waals surface area contributed by atoms with Gasteiger partial charge in [0.05, 0.1) is 0 Å². The van der Waals surface area contributed by atoms with Gasteiger partial charge in [0.2, 0.25) is 0 Å². The molecule has 1 saturated heterocycles. The summed E-state index contributed by atoms with van der Waals surface area (Å²) < 4.78 is 13.4. The van der Waals surface area contributed by atoms with Gasteiger partial charge in [-0.05, 0) is 32.5 Å². The fraction of sp³-hybridized carbons (Fsp3) is 0.538. The third kappa shape index (κ3) is 3.03. The molecule has 88 valence electrons. The van der Waals surface area contributed by atoms with Crippen LogP contribution < -0.4 is 5.32 Å². The molecule has 0 aliphatic carbocycles. The fourth-order valence-corrected chi connectivity index (χ4v) is 2.27. The molecule has 16 heavy (non-hydrogen) atoms. The molecule has 1 aliphatic heterocycles. The van der Waals surface area contributed by atoms with Gasteiger partial charge in [0.15, 0.2) is 0 Å². The van der Waals surface area contributed by atoms with E-state index in [4.69, 9.17) is 0 Å². The van der Waals surface area contributed by atoms with Crippen molar-refractivity contribution in [3.8, 4) is 0 Å². The van der Waals surface area contributed by atoms with Gasteiger partial charge in [-0.2, -0.15) is 0 Å². The maximum atomic E-state index is 13.4. The summed E-state index contributed by atoms with van der Waals surface area (Å²) in [6, 6.07) is 7.58. The summed E-state index contributed by atoms with van der Waals surface area (Å²) in [6.07, 6.45) is 2.50. The predicted octanol–water partition coefficient (Wildman–Crippen LogP) is 2.01. The standard InChI is InChI=1S/C13H19FN2/c1-16(10-12-6-4-8-15-12)9-11-5-2-3-7-13(11)14/h2-3,5,7,12,15H,4,6,8-10H2,1H3/t12-/m1/s1. The minimum absolute atomic E-state index is 0.103. The number of hydrogen-bond donors (Lipinski definition) is 1. The van der Waals surface area contributed by atoms with E-state index in [1.807, 2.05) is 19.2 Å². The van der Waals surface area contributed by atoms with Gasteiger partial charge in [-0.3, -0.25) is 0 Å². The lowest BCUT2D eigenvalue weighted by Gasteiger charge is -2.21. The van der Waals surface area contributed by atoms with Crippen LogP contribution in [-0.2, 0) is 6.54 Å². The monoisotopic (exact) mass is 222 g/mol. The zero-order valence-corrected chi connectivity index (χ0v) is 9.75. The zero-order valence-electron chi connectivity index (χ0n) is 9.75. The highest BCUT2D eigenvalue weighted by Crippen LogP contribution is 2.11. The van der Waals surface area contributed by atoms with Crippen LogP contribution >= 0.6 is 0 Å². The molecule has 1 aliphatic rings. The molecule has 3 heteroatoms. The molecular formula is C13H19FN2. The van der Waals surface area contributed by atoms with Crippen molar-refractivity contribution in [2.75, 3.05) is 20.1 Å². The molecule has 0 radical (unpaired) electrons. The second kappa shape index (κ2) is 5.41. The first-order valence-electron chi connectivity index (χ1n) is 5.91. The van der Waals surface area contributed by atoms with Gasteiger partial charge < -0.3 is 10.2 Å². The topological polar surface area (TPSA) is 15.3 Å². The number of nitrogens with zero attached hydrogens (tertiary/aromatic N) is 1. The number of likely N-dealkylation sites (N-methyl/N-ethyl adjacent to an activating group) is 1. The molecule has 0 unspecified atom stereocenters. The Morgan fingerprint density at radius 3 is 2.94 bits per heavy atom. The van der Waals surface area contributed by atoms with E-state index in [9.17, 15) is 4.39 Å². The summed E-state index contributed by atoms with van der Waals surface area (Å²) in [6.45, 7) is 2.80. The Labute approximate surface area is 96.5 Å². The molecule has 1 aromatic carbocycles. The van der Waals surface area contributed by atoms with Crippen LogP contribution in [0.5, 0.6) is 0 Å². The summed E-state index contributed by atoms with van der Waals surface area (Å²) >= 11 is 0. The lowest BCUT2D eigenvalue weighted by molar-refractivity contribution is 0.289. The first-order chi connectivity index (χ1) is 7.75. The van der Waals surface area contributed by atoms with Crippen molar-refractivity contribution in [1.29, 1.82) is 0 Å². The van der Waals surface area contributed by atoms with Gasteiger partial charge in [0.25, 0.3) is 0 Å². The predicted molar refractivity (Wildman–Crippen MR) is 63.8 cm³/mol. The van der Waals surface area contributed by atoms with E-state index in [0.717, 1.165) is 18.7 Å². The Hall–Kier alpha value is -0.930. The summed E-state index contributed by atoms with van der Waals surface area (Å²) in [5.74, 6) is -0.103. The third-order valence-electron chi connectivity index (χ3n) is 3.09. The fourth-order valence-electron chi connectivity index (χ4n) is 2.27. The Kier molecular flexibility index (Phi) is 3.91. The molecule has 0 aromatic heterocycles. The highest BCUT2D eigenvalue weighted by molar-refractivity contribution is 5.17. The lowest BCUT2D eigenvalue weighted by Crippen LogP contribution is -2.35. The number of nitrogens with one attached hydrogen (secondary N) is 1. The number of benzene rings is 1. The molecule has 0 saturated carbocycles. The van der Waals surface area contributed by atoms with E-state index < -0.39 is 0 Å². The summed E-state index contributed by atoms with van der Waals surface area (Å²) in [7, 11) is 2.05. The highest BCUT2D eigenvalue weighted by atomic mass is 19.1. The largest absolute Gasteiger partial charge is 0.313 e.